The van der Waals surface area contributed by atoms with E-state index >= 15 is 0 Å². The largest absolute Gasteiger partial charge is 0.497 e. The number of imidazole rings is 1. The molecular weight excluding hydrogens is 510 g/mol. The molecule has 0 aliphatic carbocycles. The molecule has 1 N–H and O–H groups in total. The van der Waals surface area contributed by atoms with Crippen LogP contribution in [0.1, 0.15) is 33.1 Å². The normalized spacial score (nSPS) is 14.3. The van der Waals surface area contributed by atoms with Crippen molar-refractivity contribution in [3.63, 3.8) is 0 Å². The third-order valence-corrected chi connectivity index (χ3v) is 8.54. The van der Waals surface area contributed by atoms with Crippen molar-refractivity contribution in [2.24, 2.45) is 4.99 Å². The van der Waals surface area contributed by atoms with E-state index in [2.05, 4.69) is 25.8 Å². The molecule has 6 rings (SSSR count). The molecule has 4 heterocycles. The molecule has 0 atom stereocenters. The molecule has 0 bridgehead atoms. The monoisotopic (exact) mass is 533 g/mol. The molecule has 36 heavy (non-hydrogen) atoms. The summed E-state index contributed by atoms with van der Waals surface area (Å²) in [6, 6.07) is 15.8. The van der Waals surface area contributed by atoms with Crippen LogP contribution in [0.4, 0.5) is 5.69 Å². The molecule has 0 saturated carbocycles. The first-order chi connectivity index (χ1) is 17.5. The third-order valence-electron chi connectivity index (χ3n) is 6.65. The minimum Gasteiger partial charge on any atom is -0.497 e. The molecule has 0 fully saturated rings. The number of anilines is 1. The smallest absolute Gasteiger partial charge is 0.173 e. The molecule has 0 amide bonds. The summed E-state index contributed by atoms with van der Waals surface area (Å²) in [5, 5.41) is 5.97. The lowest BCUT2D eigenvalue weighted by Crippen LogP contribution is -2.38. The van der Waals surface area contributed by atoms with Crippen molar-refractivity contribution in [3.05, 3.63) is 92.8 Å². The topological polar surface area (TPSA) is 54.7 Å². The molecule has 0 radical (unpaired) electrons. The van der Waals surface area contributed by atoms with Crippen molar-refractivity contribution < 1.29 is 4.74 Å². The number of aryl methyl sites for hydroxylation is 1. The summed E-state index contributed by atoms with van der Waals surface area (Å²) in [7, 11) is 1.66. The second kappa shape index (κ2) is 9.35. The highest BCUT2D eigenvalue weighted by Crippen LogP contribution is 2.41. The number of thiocarbonyl (C=S) groups is 1. The molecule has 182 valence electrons. The number of benzene rings is 2. The van der Waals surface area contributed by atoms with Gasteiger partial charge < -0.3 is 15.0 Å². The highest BCUT2D eigenvalue weighted by atomic mass is 35.5. The Morgan fingerprint density at radius 2 is 1.97 bits per heavy atom. The predicted molar refractivity (Wildman–Crippen MR) is 150 cm³/mol. The van der Waals surface area contributed by atoms with Gasteiger partial charge in [0.2, 0.25) is 0 Å². The Hall–Kier alpha value is -3.20. The van der Waals surface area contributed by atoms with Gasteiger partial charge in [0, 0.05) is 33.3 Å². The van der Waals surface area contributed by atoms with Crippen LogP contribution in [-0.2, 0) is 19.5 Å². The standard InChI is InChI=1S/C27H24ClN5OS2/c1-16-29-13-18-14-30-25(20-5-3-4-6-22(20)28)24-21-11-12-32(15-23(21)36-26(24)33(16)18)27(35)31-17-7-9-19(34-2)10-8-17/h3-10,13H,11-12,14-15H2,1-2H3,(H,31,35). The fourth-order valence-corrected chi connectivity index (χ4v) is 6.78. The first kappa shape index (κ1) is 23.2. The van der Waals surface area contributed by atoms with Crippen molar-refractivity contribution in [1.82, 2.24) is 14.5 Å². The van der Waals surface area contributed by atoms with Crippen LogP contribution in [0, 0.1) is 6.92 Å². The van der Waals surface area contributed by atoms with E-state index < -0.39 is 0 Å². The lowest BCUT2D eigenvalue weighted by molar-refractivity contribution is 0.405. The van der Waals surface area contributed by atoms with Gasteiger partial charge in [-0.15, -0.1) is 11.3 Å². The van der Waals surface area contributed by atoms with Crippen molar-refractivity contribution >= 4 is 51.7 Å². The second-order valence-corrected chi connectivity index (χ2v) is 10.7. The number of aromatic nitrogens is 2. The molecule has 2 aromatic carbocycles. The summed E-state index contributed by atoms with van der Waals surface area (Å²) in [5.41, 5.74) is 6.47. The van der Waals surface area contributed by atoms with E-state index in [0.717, 1.165) is 58.7 Å². The van der Waals surface area contributed by atoms with Crippen LogP contribution in [0.15, 0.2) is 59.7 Å². The van der Waals surface area contributed by atoms with Gasteiger partial charge in [-0.25, -0.2) is 4.98 Å². The summed E-state index contributed by atoms with van der Waals surface area (Å²) >= 11 is 14.3. The maximum Gasteiger partial charge on any atom is 0.173 e. The Kier molecular flexibility index (Phi) is 6.03. The molecule has 2 aromatic heterocycles. The Labute approximate surface area is 224 Å². The molecule has 6 nitrogen and oxygen atoms in total. The first-order valence-corrected chi connectivity index (χ1v) is 13.3. The van der Waals surface area contributed by atoms with E-state index in [9.17, 15) is 0 Å². The fourth-order valence-electron chi connectivity index (χ4n) is 4.83. The number of ether oxygens (including phenoxy) is 1. The van der Waals surface area contributed by atoms with E-state index in [4.69, 9.17) is 33.5 Å². The average molecular weight is 534 g/mol. The summed E-state index contributed by atoms with van der Waals surface area (Å²) < 4.78 is 7.51. The Morgan fingerprint density at radius 3 is 2.75 bits per heavy atom. The third kappa shape index (κ3) is 3.99. The van der Waals surface area contributed by atoms with Gasteiger partial charge in [-0.05, 0) is 61.5 Å². The van der Waals surface area contributed by atoms with Crippen molar-refractivity contribution in [3.8, 4) is 10.8 Å². The molecule has 4 aromatic rings. The van der Waals surface area contributed by atoms with Crippen LogP contribution in [0.5, 0.6) is 5.75 Å². The van der Waals surface area contributed by atoms with Crippen LogP contribution in [-0.4, -0.2) is 38.9 Å². The first-order valence-electron chi connectivity index (χ1n) is 11.7. The number of thiophene rings is 1. The summed E-state index contributed by atoms with van der Waals surface area (Å²) in [6.07, 6.45) is 2.80. The highest BCUT2D eigenvalue weighted by molar-refractivity contribution is 7.80. The van der Waals surface area contributed by atoms with Gasteiger partial charge in [0.05, 0.1) is 37.8 Å². The minimum absolute atomic E-state index is 0.569. The zero-order chi connectivity index (χ0) is 24.8. The number of fused-ring (bicyclic) bond motifs is 5. The second-order valence-electron chi connectivity index (χ2n) is 8.79. The SMILES string of the molecule is COc1ccc(NC(=S)N2CCc3c(sc4c3C(c3ccccc3Cl)=NCc3cnc(C)n3-4)C2)cc1. The van der Waals surface area contributed by atoms with Crippen molar-refractivity contribution in [1.29, 1.82) is 0 Å². The number of rotatable bonds is 3. The lowest BCUT2D eigenvalue weighted by Gasteiger charge is -2.30. The van der Waals surface area contributed by atoms with Gasteiger partial charge in [-0.2, -0.15) is 0 Å². The molecule has 0 saturated heterocycles. The van der Waals surface area contributed by atoms with E-state index in [1.165, 1.54) is 16.0 Å². The van der Waals surface area contributed by atoms with Crippen molar-refractivity contribution in [2.45, 2.75) is 26.4 Å². The summed E-state index contributed by atoms with van der Waals surface area (Å²) in [4.78, 5) is 13.2. The highest BCUT2D eigenvalue weighted by Gasteiger charge is 2.32. The maximum atomic E-state index is 6.67. The van der Waals surface area contributed by atoms with Gasteiger partial charge in [-0.3, -0.25) is 9.56 Å². The average Bonchev–Trinajstić information content (AvgIpc) is 3.40. The Morgan fingerprint density at radius 1 is 1.17 bits per heavy atom. The molecule has 2 aliphatic heterocycles. The molecular formula is C27H24ClN5OS2. The number of nitrogens with one attached hydrogen (secondary N) is 1. The number of halogens is 1. The van der Waals surface area contributed by atoms with Crippen LogP contribution in [0.2, 0.25) is 5.02 Å². The van der Waals surface area contributed by atoms with E-state index in [0.29, 0.717) is 16.7 Å². The number of hydrogen-bond acceptors (Lipinski definition) is 5. The quantitative estimate of drug-likeness (QED) is 0.327. The van der Waals surface area contributed by atoms with Crippen molar-refractivity contribution in [2.75, 3.05) is 19.0 Å². The van der Waals surface area contributed by atoms with Gasteiger partial charge in [0.25, 0.3) is 0 Å². The zero-order valence-electron chi connectivity index (χ0n) is 19.9. The molecule has 0 spiro atoms. The summed E-state index contributed by atoms with van der Waals surface area (Å²) in [5.74, 6) is 1.79. The Bertz CT molecular complexity index is 1510. The van der Waals surface area contributed by atoms with Crippen LogP contribution in [0.3, 0.4) is 0 Å². The van der Waals surface area contributed by atoms with E-state index in [-0.39, 0.29) is 0 Å². The number of methoxy groups -OCH3 is 1. The summed E-state index contributed by atoms with van der Waals surface area (Å²) in [6.45, 7) is 4.18. The van der Waals surface area contributed by atoms with Crippen LogP contribution in [0.25, 0.3) is 5.00 Å². The number of aliphatic imine (C=N–C) groups is 1. The van der Waals surface area contributed by atoms with Gasteiger partial charge in [-0.1, -0.05) is 29.8 Å². The Balaban J connectivity index is 1.37. The minimum atomic E-state index is 0.569. The fraction of sp³-hybridized carbons (Fsp3) is 0.222. The molecule has 2 aliphatic rings. The van der Waals surface area contributed by atoms with E-state index in [1.807, 2.05) is 55.6 Å². The van der Waals surface area contributed by atoms with Crippen LogP contribution < -0.4 is 10.1 Å². The zero-order valence-corrected chi connectivity index (χ0v) is 22.3. The van der Waals surface area contributed by atoms with E-state index in [1.54, 1.807) is 18.4 Å². The number of nitrogens with zero attached hydrogens (tertiary/aromatic N) is 4. The van der Waals surface area contributed by atoms with Gasteiger partial charge in [0.15, 0.2) is 5.11 Å². The number of hydrogen-bond donors (Lipinski definition) is 1. The van der Waals surface area contributed by atoms with Gasteiger partial charge >= 0.3 is 0 Å². The predicted octanol–water partition coefficient (Wildman–Crippen LogP) is 6.01. The van der Waals surface area contributed by atoms with Gasteiger partial charge in [0.1, 0.15) is 16.6 Å². The molecule has 9 heteroatoms. The maximum absolute atomic E-state index is 6.67. The molecule has 0 unspecified atom stereocenters. The lowest BCUT2D eigenvalue weighted by atomic mass is 9.95. The van der Waals surface area contributed by atoms with Crippen LogP contribution >= 0.6 is 35.2 Å².